The average molecular weight is 722 g/mol. The molecule has 4 aromatic rings. The molecule has 2 aliphatic heterocycles. The number of amides is 2. The number of anilines is 2. The fourth-order valence-corrected chi connectivity index (χ4v) is 7.01. The van der Waals surface area contributed by atoms with Crippen molar-refractivity contribution in [2.24, 2.45) is 0 Å². The van der Waals surface area contributed by atoms with Gasteiger partial charge in [-0.15, -0.1) is 0 Å². The van der Waals surface area contributed by atoms with Gasteiger partial charge in [-0.25, -0.2) is 4.39 Å². The molecule has 0 bridgehead atoms. The van der Waals surface area contributed by atoms with E-state index in [9.17, 15) is 14.0 Å². The van der Waals surface area contributed by atoms with E-state index in [2.05, 4.69) is 31.6 Å². The van der Waals surface area contributed by atoms with Crippen molar-refractivity contribution < 1.29 is 23.5 Å². The summed E-state index contributed by atoms with van der Waals surface area (Å²) in [5, 5.41) is 16.6. The van der Waals surface area contributed by atoms with Crippen LogP contribution in [0.1, 0.15) is 36.8 Å². The van der Waals surface area contributed by atoms with E-state index in [4.69, 9.17) is 32.7 Å². The van der Waals surface area contributed by atoms with Crippen LogP contribution < -0.4 is 36.1 Å². The van der Waals surface area contributed by atoms with Gasteiger partial charge in [-0.3, -0.25) is 14.6 Å². The van der Waals surface area contributed by atoms with Crippen molar-refractivity contribution in [1.29, 1.82) is 0 Å². The highest BCUT2D eigenvalue weighted by Gasteiger charge is 2.22. The Labute approximate surface area is 300 Å². The maximum atomic E-state index is 14.9. The molecule has 1 aromatic heterocycles. The fraction of sp³-hybridized carbons (Fsp3) is 0.324. The minimum Gasteiger partial charge on any atom is -0.496 e. The average Bonchev–Trinajstić information content (AvgIpc) is 3.72. The number of hydrogen-bond donors (Lipinski definition) is 5. The lowest BCUT2D eigenvalue weighted by Gasteiger charge is -2.19. The van der Waals surface area contributed by atoms with Crippen molar-refractivity contribution in [3.8, 4) is 33.9 Å². The predicted octanol–water partition coefficient (Wildman–Crippen LogP) is 6.36. The van der Waals surface area contributed by atoms with Gasteiger partial charge in [0.25, 0.3) is 0 Å². The number of aromatic nitrogens is 1. The first-order valence-electron chi connectivity index (χ1n) is 16.5. The van der Waals surface area contributed by atoms with Crippen LogP contribution in [-0.2, 0) is 22.7 Å². The largest absolute Gasteiger partial charge is 0.496 e. The van der Waals surface area contributed by atoms with E-state index in [0.29, 0.717) is 94.3 Å². The summed E-state index contributed by atoms with van der Waals surface area (Å²) in [4.78, 5) is 27.6. The van der Waals surface area contributed by atoms with Crippen molar-refractivity contribution in [1.82, 2.24) is 26.3 Å². The molecule has 0 spiro atoms. The zero-order chi connectivity index (χ0) is 35.2. The van der Waals surface area contributed by atoms with Crippen LogP contribution in [-0.4, -0.2) is 56.2 Å². The number of pyridine rings is 1. The van der Waals surface area contributed by atoms with Crippen molar-refractivity contribution in [2.75, 3.05) is 32.6 Å². The van der Waals surface area contributed by atoms with Gasteiger partial charge in [0.05, 0.1) is 41.3 Å². The second-order valence-electron chi connectivity index (χ2n) is 12.4. The summed E-state index contributed by atoms with van der Waals surface area (Å²) in [6.07, 6.45) is 4.34. The van der Waals surface area contributed by atoms with Crippen LogP contribution in [0.2, 0.25) is 10.0 Å². The number of carbonyl (C=O) groups excluding carboxylic acids is 2. The van der Waals surface area contributed by atoms with Crippen LogP contribution in [0.3, 0.4) is 0 Å². The molecule has 6 rings (SSSR count). The van der Waals surface area contributed by atoms with Crippen LogP contribution in [0.15, 0.2) is 60.8 Å². The predicted molar refractivity (Wildman–Crippen MR) is 194 cm³/mol. The number of hydrogen-bond acceptors (Lipinski definition) is 8. The van der Waals surface area contributed by atoms with Crippen LogP contribution >= 0.6 is 23.2 Å². The lowest BCUT2D eigenvalue weighted by Crippen LogP contribution is -2.35. The number of halogens is 3. The quantitative estimate of drug-likeness (QED) is 0.102. The molecular formula is C37H39Cl2FN6O4. The van der Waals surface area contributed by atoms with Crippen LogP contribution in [0.25, 0.3) is 22.4 Å². The second-order valence-corrected chi connectivity index (χ2v) is 13.1. The third kappa shape index (κ3) is 8.13. The first kappa shape index (κ1) is 35.4. The summed E-state index contributed by atoms with van der Waals surface area (Å²) in [5.74, 6) is 0.850. The SMILES string of the molecule is COc1cc(-c2nccc(-c3cccc(Nc4cc(F)cc(CNC[C@H]5CCC(=O)N5)c4OC)c3Cl)c2Cl)ccc1CNC[C@@H]1CCC(=O)N1. The molecule has 0 aliphatic carbocycles. The van der Waals surface area contributed by atoms with Crippen molar-refractivity contribution in [3.05, 3.63) is 87.8 Å². The zero-order valence-corrected chi connectivity index (χ0v) is 29.3. The Hall–Kier alpha value is -4.42. The number of rotatable bonds is 14. The van der Waals surface area contributed by atoms with Crippen LogP contribution in [0.5, 0.6) is 11.5 Å². The Balaban J connectivity index is 1.21. The number of methoxy groups -OCH3 is 2. The molecule has 262 valence electrons. The summed E-state index contributed by atoms with van der Waals surface area (Å²) in [6, 6.07) is 16.1. The van der Waals surface area contributed by atoms with Gasteiger partial charge in [-0.1, -0.05) is 47.5 Å². The van der Waals surface area contributed by atoms with Crippen molar-refractivity contribution in [2.45, 2.75) is 50.9 Å². The molecule has 2 fully saturated rings. The number of benzene rings is 3. The third-order valence-corrected chi connectivity index (χ3v) is 9.71. The van der Waals surface area contributed by atoms with E-state index in [0.717, 1.165) is 24.0 Å². The lowest BCUT2D eigenvalue weighted by molar-refractivity contribution is -0.120. The monoisotopic (exact) mass is 720 g/mol. The molecule has 2 amide bonds. The highest BCUT2D eigenvalue weighted by Crippen LogP contribution is 2.43. The number of nitrogens with one attached hydrogen (secondary N) is 5. The van der Waals surface area contributed by atoms with E-state index in [1.165, 1.54) is 19.2 Å². The topological polar surface area (TPSA) is 126 Å². The summed E-state index contributed by atoms with van der Waals surface area (Å²) in [5.41, 5.74) is 5.19. The summed E-state index contributed by atoms with van der Waals surface area (Å²) in [7, 11) is 3.15. The molecule has 3 heterocycles. The number of nitrogens with zero attached hydrogens (tertiary/aromatic N) is 1. The third-order valence-electron chi connectivity index (χ3n) is 8.93. The van der Waals surface area contributed by atoms with Crippen LogP contribution in [0.4, 0.5) is 15.8 Å². The highest BCUT2D eigenvalue weighted by molar-refractivity contribution is 6.39. The first-order valence-corrected chi connectivity index (χ1v) is 17.2. The minimum atomic E-state index is -0.437. The van der Waals surface area contributed by atoms with E-state index in [1.54, 1.807) is 25.4 Å². The summed E-state index contributed by atoms with van der Waals surface area (Å²) in [6.45, 7) is 2.15. The van der Waals surface area contributed by atoms with Gasteiger partial charge in [0.15, 0.2) is 0 Å². The molecular weight excluding hydrogens is 682 g/mol. The molecule has 10 nitrogen and oxygen atoms in total. The molecule has 2 saturated heterocycles. The molecule has 0 radical (unpaired) electrons. The van der Waals surface area contributed by atoms with Crippen molar-refractivity contribution >= 4 is 46.4 Å². The Morgan fingerprint density at radius 3 is 2.14 bits per heavy atom. The molecule has 5 N–H and O–H groups in total. The van der Waals surface area contributed by atoms with E-state index >= 15 is 0 Å². The van der Waals surface area contributed by atoms with E-state index < -0.39 is 5.82 Å². The lowest BCUT2D eigenvalue weighted by atomic mass is 10.0. The van der Waals surface area contributed by atoms with Crippen LogP contribution in [0, 0.1) is 5.82 Å². The standard InChI is InChI=1S/C37H39Cl2FN6O4/c1-49-31-15-21(6-7-22(31)17-41-19-25-8-10-32(47)44-25)36-35(39)28(12-13-43-36)27-4-3-5-29(34(27)38)46-30-16-24(40)14-23(37(30)50-2)18-42-20-26-9-11-33(48)45-26/h3-7,12-16,25-26,41-42,46H,8-11,17-20H2,1-2H3,(H,44,47)(H,45,48)/t25-,26+/m0/s1. The van der Waals surface area contributed by atoms with E-state index in [-0.39, 0.29) is 23.9 Å². The molecule has 2 atom stereocenters. The molecule has 0 unspecified atom stereocenters. The van der Waals surface area contributed by atoms with Gasteiger partial charge in [-0.2, -0.15) is 0 Å². The fourth-order valence-electron chi connectivity index (χ4n) is 6.41. The van der Waals surface area contributed by atoms with Gasteiger partial charge in [0.2, 0.25) is 11.8 Å². The summed E-state index contributed by atoms with van der Waals surface area (Å²) < 4.78 is 26.3. The number of carbonyl (C=O) groups is 2. The van der Waals surface area contributed by atoms with Crippen molar-refractivity contribution in [3.63, 3.8) is 0 Å². The maximum Gasteiger partial charge on any atom is 0.220 e. The minimum absolute atomic E-state index is 0.0435. The molecule has 50 heavy (non-hydrogen) atoms. The summed E-state index contributed by atoms with van der Waals surface area (Å²) >= 11 is 14.0. The van der Waals surface area contributed by atoms with E-state index in [1.807, 2.05) is 30.3 Å². The van der Waals surface area contributed by atoms with Gasteiger partial charge in [0, 0.05) is 91.2 Å². The molecule has 3 aromatic carbocycles. The Kier molecular flexibility index (Phi) is 11.4. The van der Waals surface area contributed by atoms with Gasteiger partial charge < -0.3 is 36.1 Å². The molecule has 13 heteroatoms. The Bertz CT molecular complexity index is 1890. The zero-order valence-electron chi connectivity index (χ0n) is 27.8. The highest BCUT2D eigenvalue weighted by atomic mass is 35.5. The smallest absolute Gasteiger partial charge is 0.220 e. The first-order chi connectivity index (χ1) is 24.2. The molecule has 0 saturated carbocycles. The van der Waals surface area contributed by atoms with Gasteiger partial charge in [-0.05, 0) is 37.1 Å². The number of ether oxygens (including phenoxy) is 2. The Morgan fingerprint density at radius 1 is 0.820 bits per heavy atom. The van der Waals surface area contributed by atoms with Gasteiger partial charge >= 0.3 is 0 Å². The normalized spacial score (nSPS) is 17.1. The second kappa shape index (κ2) is 16.1. The molecule has 2 aliphatic rings. The maximum absolute atomic E-state index is 14.9. The van der Waals surface area contributed by atoms with Gasteiger partial charge in [0.1, 0.15) is 17.3 Å². The Morgan fingerprint density at radius 2 is 1.50 bits per heavy atom.